The van der Waals surface area contributed by atoms with Crippen LogP contribution in [-0.2, 0) is 0 Å². The third-order valence-corrected chi connectivity index (χ3v) is 2.04. The van der Waals surface area contributed by atoms with Crippen molar-refractivity contribution in [3.63, 3.8) is 0 Å². The number of nitrogens with zero attached hydrogens (tertiary/aromatic N) is 3. The third-order valence-electron chi connectivity index (χ3n) is 1.26. The Morgan fingerprint density at radius 3 is 1.64 bits per heavy atom. The Morgan fingerprint density at radius 1 is 0.929 bits per heavy atom. The van der Waals surface area contributed by atoms with E-state index >= 15 is 0 Å². The van der Waals surface area contributed by atoms with Crippen LogP contribution in [-0.4, -0.2) is 15.0 Å². The van der Waals surface area contributed by atoms with Gasteiger partial charge in [0.25, 0.3) is 0 Å². The van der Waals surface area contributed by atoms with Crippen LogP contribution >= 0.6 is 46.4 Å². The first kappa shape index (κ1) is 12.0. The molecule has 0 bridgehead atoms. The highest BCUT2D eigenvalue weighted by Gasteiger charge is 2.14. The molecule has 3 nitrogen and oxygen atoms in total. The minimum Gasteiger partial charge on any atom is -0.212 e. The van der Waals surface area contributed by atoms with Gasteiger partial charge in [0.05, 0.1) is 0 Å². The highest BCUT2D eigenvalue weighted by Crippen LogP contribution is 2.25. The van der Waals surface area contributed by atoms with Crippen LogP contribution in [0.4, 0.5) is 0 Å². The first-order valence-corrected chi connectivity index (χ1v) is 5.23. The Hall–Kier alpha value is -0.0900. The molecule has 0 radical (unpaired) electrons. The van der Waals surface area contributed by atoms with Crippen molar-refractivity contribution in [2.45, 2.75) is 9.67 Å². The van der Waals surface area contributed by atoms with E-state index < -0.39 is 9.67 Å². The second-order valence-corrected chi connectivity index (χ2v) is 4.41. The molecule has 0 unspecified atom stereocenters. The lowest BCUT2D eigenvalue weighted by atomic mass is 10.5. The maximum Gasteiger partial charge on any atom is 0.167 e. The molecule has 0 saturated carbocycles. The Labute approximate surface area is 101 Å². The average molecular weight is 273 g/mol. The SMILES string of the molecule is C=Cc1nc(C(Cl)Cl)nc(C(Cl)Cl)n1. The summed E-state index contributed by atoms with van der Waals surface area (Å²) in [5.41, 5.74) is 0. The topological polar surface area (TPSA) is 38.7 Å². The Balaban J connectivity index is 3.20. The van der Waals surface area contributed by atoms with Crippen LogP contribution in [0, 0.1) is 0 Å². The molecule has 0 saturated heterocycles. The van der Waals surface area contributed by atoms with E-state index in [0.717, 1.165) is 0 Å². The predicted molar refractivity (Wildman–Crippen MR) is 58.8 cm³/mol. The Bertz CT molecular complexity index is 313. The van der Waals surface area contributed by atoms with E-state index in [0.29, 0.717) is 5.82 Å². The van der Waals surface area contributed by atoms with Crippen molar-refractivity contribution in [2.75, 3.05) is 0 Å². The zero-order valence-electron chi connectivity index (χ0n) is 6.79. The van der Waals surface area contributed by atoms with Crippen molar-refractivity contribution in [2.24, 2.45) is 0 Å². The Kier molecular flexibility index (Phi) is 4.38. The predicted octanol–water partition coefficient (Wildman–Crippen LogP) is 3.47. The molecule has 0 spiro atoms. The van der Waals surface area contributed by atoms with Gasteiger partial charge < -0.3 is 0 Å². The normalized spacial score (nSPS) is 11.0. The second kappa shape index (κ2) is 5.12. The molecule has 1 rings (SSSR count). The maximum absolute atomic E-state index is 5.60. The summed E-state index contributed by atoms with van der Waals surface area (Å²) < 4.78 is 0. The molecule has 14 heavy (non-hydrogen) atoms. The minimum atomic E-state index is -0.845. The van der Waals surface area contributed by atoms with Crippen molar-refractivity contribution >= 4 is 52.5 Å². The van der Waals surface area contributed by atoms with E-state index in [1.165, 1.54) is 6.08 Å². The van der Waals surface area contributed by atoms with Gasteiger partial charge in [-0.15, -0.1) is 0 Å². The number of aromatic nitrogens is 3. The second-order valence-electron chi connectivity index (χ2n) is 2.22. The van der Waals surface area contributed by atoms with Crippen LogP contribution in [0.1, 0.15) is 27.1 Å². The van der Waals surface area contributed by atoms with Crippen LogP contribution in [0.3, 0.4) is 0 Å². The molecule has 0 N–H and O–H groups in total. The molecule has 7 heteroatoms. The number of hydrogen-bond donors (Lipinski definition) is 0. The lowest BCUT2D eigenvalue weighted by molar-refractivity contribution is 0.871. The standard InChI is InChI=1S/C7H5Cl4N3/c1-2-3-12-6(4(8)9)14-7(13-3)5(10)11/h2,4-5H,1H2. The van der Waals surface area contributed by atoms with Gasteiger partial charge in [-0.25, -0.2) is 15.0 Å². The monoisotopic (exact) mass is 271 g/mol. The van der Waals surface area contributed by atoms with Gasteiger partial charge in [0, 0.05) is 0 Å². The van der Waals surface area contributed by atoms with Crippen molar-refractivity contribution in [3.8, 4) is 0 Å². The quantitative estimate of drug-likeness (QED) is 0.791. The molecule has 0 atom stereocenters. The van der Waals surface area contributed by atoms with Crippen LogP contribution in [0.25, 0.3) is 6.08 Å². The van der Waals surface area contributed by atoms with E-state index in [-0.39, 0.29) is 11.6 Å². The molecular weight excluding hydrogens is 268 g/mol. The molecule has 0 aromatic carbocycles. The van der Waals surface area contributed by atoms with Gasteiger partial charge in [-0.3, -0.25) is 0 Å². The molecule has 1 aromatic rings. The zero-order chi connectivity index (χ0) is 10.7. The maximum atomic E-state index is 5.60. The molecule has 0 fully saturated rings. The fourth-order valence-corrected chi connectivity index (χ4v) is 1.10. The third kappa shape index (κ3) is 2.95. The summed E-state index contributed by atoms with van der Waals surface area (Å²) in [6.45, 7) is 3.51. The van der Waals surface area contributed by atoms with Crippen molar-refractivity contribution < 1.29 is 0 Å². The first-order valence-electron chi connectivity index (χ1n) is 3.49. The molecule has 0 aliphatic carbocycles. The van der Waals surface area contributed by atoms with Crippen molar-refractivity contribution in [1.82, 2.24) is 15.0 Å². The molecule has 0 aliphatic heterocycles. The largest absolute Gasteiger partial charge is 0.212 e. The van der Waals surface area contributed by atoms with E-state index in [2.05, 4.69) is 21.5 Å². The summed E-state index contributed by atoms with van der Waals surface area (Å²) in [5.74, 6) is 0.752. The van der Waals surface area contributed by atoms with Crippen LogP contribution < -0.4 is 0 Å². The average Bonchev–Trinajstić information content (AvgIpc) is 2.16. The fourth-order valence-electron chi connectivity index (χ4n) is 0.714. The van der Waals surface area contributed by atoms with Gasteiger partial charge >= 0.3 is 0 Å². The summed E-state index contributed by atoms with van der Waals surface area (Å²) in [5, 5.41) is 0. The van der Waals surface area contributed by atoms with Crippen molar-refractivity contribution in [1.29, 1.82) is 0 Å². The highest BCUT2D eigenvalue weighted by atomic mass is 35.5. The molecule has 1 heterocycles. The summed E-state index contributed by atoms with van der Waals surface area (Å²) in [6.07, 6.45) is 1.43. The Morgan fingerprint density at radius 2 is 1.36 bits per heavy atom. The van der Waals surface area contributed by atoms with Crippen LogP contribution in [0.2, 0.25) is 0 Å². The lowest BCUT2D eigenvalue weighted by Crippen LogP contribution is -2.04. The van der Waals surface area contributed by atoms with Crippen LogP contribution in [0.15, 0.2) is 6.58 Å². The minimum absolute atomic E-state index is 0.208. The number of hydrogen-bond acceptors (Lipinski definition) is 3. The van der Waals surface area contributed by atoms with E-state index in [9.17, 15) is 0 Å². The van der Waals surface area contributed by atoms with Gasteiger partial charge in [0.1, 0.15) is 0 Å². The van der Waals surface area contributed by atoms with Gasteiger partial charge in [0.2, 0.25) is 0 Å². The smallest absolute Gasteiger partial charge is 0.167 e. The zero-order valence-corrected chi connectivity index (χ0v) is 9.82. The van der Waals surface area contributed by atoms with E-state index in [1.54, 1.807) is 0 Å². The number of alkyl halides is 4. The van der Waals surface area contributed by atoms with Crippen LogP contribution in [0.5, 0.6) is 0 Å². The fraction of sp³-hybridized carbons (Fsp3) is 0.286. The molecule has 1 aromatic heterocycles. The number of rotatable bonds is 3. The van der Waals surface area contributed by atoms with Gasteiger partial charge in [-0.1, -0.05) is 53.0 Å². The number of halogens is 4. The molecule has 0 aliphatic rings. The van der Waals surface area contributed by atoms with E-state index in [1.807, 2.05) is 0 Å². The van der Waals surface area contributed by atoms with Gasteiger partial charge in [-0.2, -0.15) is 0 Å². The van der Waals surface area contributed by atoms with E-state index in [4.69, 9.17) is 46.4 Å². The summed E-state index contributed by atoms with van der Waals surface area (Å²) >= 11 is 22.4. The summed E-state index contributed by atoms with van der Waals surface area (Å²) in [6, 6.07) is 0. The van der Waals surface area contributed by atoms with Gasteiger partial charge in [-0.05, 0) is 6.08 Å². The summed E-state index contributed by atoms with van der Waals surface area (Å²) in [4.78, 5) is 10.0. The van der Waals surface area contributed by atoms with Crippen molar-refractivity contribution in [3.05, 3.63) is 24.1 Å². The van der Waals surface area contributed by atoms with Gasteiger partial charge in [0.15, 0.2) is 27.1 Å². The summed E-state index contributed by atoms with van der Waals surface area (Å²) in [7, 11) is 0. The molecule has 76 valence electrons. The molecular formula is C7H5Cl4N3. The lowest BCUT2D eigenvalue weighted by Gasteiger charge is -2.05. The highest BCUT2D eigenvalue weighted by molar-refractivity contribution is 6.44. The first-order chi connectivity index (χ1) is 6.54. The molecule has 0 amide bonds.